The van der Waals surface area contributed by atoms with Crippen LogP contribution in [-0.2, 0) is 19.7 Å². The zero-order valence-corrected chi connectivity index (χ0v) is 15.7. The van der Waals surface area contributed by atoms with Gasteiger partial charge in [0.05, 0.1) is 25.4 Å². The number of nitrogens with zero attached hydrogens (tertiary/aromatic N) is 2. The Morgan fingerprint density at radius 1 is 1.36 bits per heavy atom. The van der Waals surface area contributed by atoms with Crippen LogP contribution in [0, 0.1) is 5.82 Å². The van der Waals surface area contributed by atoms with Crippen LogP contribution in [0.2, 0.25) is 0 Å². The van der Waals surface area contributed by atoms with E-state index in [0.717, 1.165) is 22.8 Å². The van der Waals surface area contributed by atoms with Crippen LogP contribution in [0.25, 0.3) is 0 Å². The van der Waals surface area contributed by atoms with Crippen LogP contribution < -0.4 is 10.6 Å². The van der Waals surface area contributed by atoms with Crippen LogP contribution >= 0.6 is 11.3 Å². The van der Waals surface area contributed by atoms with Crippen molar-refractivity contribution < 1.29 is 9.50 Å². The second-order valence-electron chi connectivity index (χ2n) is 5.95. The molecule has 0 saturated carbocycles. The van der Waals surface area contributed by atoms with Gasteiger partial charge in [-0.3, -0.25) is 0 Å². The topological polar surface area (TPSA) is 69.5 Å². The molecule has 0 aliphatic rings. The average Bonchev–Trinajstić information content (AvgIpc) is 3.08. The van der Waals surface area contributed by atoms with Crippen molar-refractivity contribution in [1.29, 1.82) is 0 Å². The number of aliphatic imine (C=N–C) groups is 1. The molecule has 0 saturated heterocycles. The van der Waals surface area contributed by atoms with E-state index in [-0.39, 0.29) is 12.2 Å². The summed E-state index contributed by atoms with van der Waals surface area (Å²) in [5.41, 5.74) is 2.24. The fraction of sp³-hybridized carbons (Fsp3) is 0.444. The lowest BCUT2D eigenvalue weighted by Crippen LogP contribution is -2.36. The molecule has 0 aliphatic carbocycles. The lowest BCUT2D eigenvalue weighted by atomic mass is 10.1. The zero-order chi connectivity index (χ0) is 18.2. The Bertz CT molecular complexity index is 715. The highest BCUT2D eigenvalue weighted by Gasteiger charge is 2.07. The molecule has 1 aromatic heterocycles. The number of hydrogen-bond donors (Lipinski definition) is 3. The smallest absolute Gasteiger partial charge is 0.191 e. The summed E-state index contributed by atoms with van der Waals surface area (Å²) in [6, 6.07) is 4.68. The van der Waals surface area contributed by atoms with E-state index in [0.29, 0.717) is 25.0 Å². The summed E-state index contributed by atoms with van der Waals surface area (Å²) in [5.74, 6) is 0.703. The number of aliphatic hydroxyl groups is 1. The molecule has 0 amide bonds. The van der Waals surface area contributed by atoms with Crippen molar-refractivity contribution in [2.24, 2.45) is 4.99 Å². The lowest BCUT2D eigenvalue weighted by molar-refractivity contribution is 0.275. The van der Waals surface area contributed by atoms with E-state index in [1.165, 1.54) is 6.07 Å². The first-order chi connectivity index (χ1) is 12.0. The normalized spacial score (nSPS) is 11.8. The molecule has 2 aromatic rings. The van der Waals surface area contributed by atoms with Crippen LogP contribution in [0.1, 0.15) is 48.5 Å². The molecular formula is C18H25FN4OS. The largest absolute Gasteiger partial charge is 0.392 e. The highest BCUT2D eigenvalue weighted by Crippen LogP contribution is 2.17. The van der Waals surface area contributed by atoms with E-state index >= 15 is 0 Å². The molecule has 0 aliphatic heterocycles. The Morgan fingerprint density at radius 3 is 2.80 bits per heavy atom. The Morgan fingerprint density at radius 2 is 2.16 bits per heavy atom. The standard InChI is InChI=1S/C18H25FN4OS/c1-4-20-18(22-9-17-23-16(11-25-17)12(2)3)21-8-13-5-6-15(19)14(7-13)10-24/h5-7,11-12,24H,4,8-10H2,1-3H3,(H2,20,21,22). The number of rotatable bonds is 7. The van der Waals surface area contributed by atoms with E-state index in [2.05, 4.69) is 39.8 Å². The summed E-state index contributed by atoms with van der Waals surface area (Å²) >= 11 is 1.63. The maximum absolute atomic E-state index is 13.4. The Labute approximate surface area is 152 Å². The molecule has 0 bridgehead atoms. The number of halogens is 1. The van der Waals surface area contributed by atoms with Gasteiger partial charge in [-0.25, -0.2) is 14.4 Å². The molecule has 0 unspecified atom stereocenters. The molecule has 0 atom stereocenters. The number of aromatic nitrogens is 1. The molecule has 7 heteroatoms. The van der Waals surface area contributed by atoms with Gasteiger partial charge < -0.3 is 15.7 Å². The summed E-state index contributed by atoms with van der Waals surface area (Å²) in [5, 5.41) is 18.7. The van der Waals surface area contributed by atoms with Gasteiger partial charge in [0.15, 0.2) is 5.96 Å². The molecule has 0 spiro atoms. The summed E-state index contributed by atoms with van der Waals surface area (Å²) < 4.78 is 13.4. The maximum Gasteiger partial charge on any atom is 0.191 e. The second-order valence-corrected chi connectivity index (χ2v) is 6.90. The molecule has 2 rings (SSSR count). The number of nitrogens with one attached hydrogen (secondary N) is 2. The second kappa shape index (κ2) is 9.48. The minimum Gasteiger partial charge on any atom is -0.392 e. The van der Waals surface area contributed by atoms with Gasteiger partial charge >= 0.3 is 0 Å². The van der Waals surface area contributed by atoms with Gasteiger partial charge in [0.25, 0.3) is 0 Å². The third kappa shape index (κ3) is 5.79. The Balaban J connectivity index is 1.99. The monoisotopic (exact) mass is 364 g/mol. The van der Waals surface area contributed by atoms with Gasteiger partial charge in [0, 0.05) is 17.5 Å². The van der Waals surface area contributed by atoms with Crippen LogP contribution in [0.15, 0.2) is 28.6 Å². The third-order valence-corrected chi connectivity index (χ3v) is 4.48. The first-order valence-electron chi connectivity index (χ1n) is 8.38. The first-order valence-corrected chi connectivity index (χ1v) is 9.26. The minimum absolute atomic E-state index is 0.287. The van der Waals surface area contributed by atoms with Crippen LogP contribution in [0.5, 0.6) is 0 Å². The van der Waals surface area contributed by atoms with Crippen molar-refractivity contribution in [3.63, 3.8) is 0 Å². The number of guanidine groups is 1. The van der Waals surface area contributed by atoms with E-state index in [1.54, 1.807) is 23.5 Å². The van der Waals surface area contributed by atoms with Gasteiger partial charge in [-0.2, -0.15) is 0 Å². The lowest BCUT2D eigenvalue weighted by Gasteiger charge is -2.10. The van der Waals surface area contributed by atoms with Crippen molar-refractivity contribution >= 4 is 17.3 Å². The van der Waals surface area contributed by atoms with Crippen LogP contribution in [-0.4, -0.2) is 22.6 Å². The number of hydrogen-bond acceptors (Lipinski definition) is 4. The molecule has 0 fully saturated rings. The van der Waals surface area contributed by atoms with Gasteiger partial charge in [-0.15, -0.1) is 11.3 Å². The number of aliphatic hydroxyl groups excluding tert-OH is 1. The molecule has 0 radical (unpaired) electrons. The van der Waals surface area contributed by atoms with Crippen molar-refractivity contribution in [2.45, 2.75) is 46.4 Å². The molecule has 136 valence electrons. The molecule has 3 N–H and O–H groups in total. The van der Waals surface area contributed by atoms with Gasteiger partial charge in [0.1, 0.15) is 10.8 Å². The van der Waals surface area contributed by atoms with Gasteiger partial charge in [0.2, 0.25) is 0 Å². The van der Waals surface area contributed by atoms with Crippen molar-refractivity contribution in [3.05, 3.63) is 51.2 Å². The van der Waals surface area contributed by atoms with E-state index < -0.39 is 5.82 Å². The fourth-order valence-electron chi connectivity index (χ4n) is 2.19. The summed E-state index contributed by atoms with van der Waals surface area (Å²) in [6.07, 6.45) is 0. The predicted octanol–water partition coefficient (Wildman–Crippen LogP) is 3.15. The molecule has 25 heavy (non-hydrogen) atoms. The van der Waals surface area contributed by atoms with E-state index in [1.807, 2.05) is 6.92 Å². The summed E-state index contributed by atoms with van der Waals surface area (Å²) in [7, 11) is 0. The van der Waals surface area contributed by atoms with Crippen LogP contribution in [0.3, 0.4) is 0 Å². The highest BCUT2D eigenvalue weighted by molar-refractivity contribution is 7.09. The maximum atomic E-state index is 13.4. The highest BCUT2D eigenvalue weighted by atomic mass is 32.1. The van der Waals surface area contributed by atoms with E-state index in [9.17, 15) is 4.39 Å². The summed E-state index contributed by atoms with van der Waals surface area (Å²) in [4.78, 5) is 9.11. The molecule has 1 heterocycles. The van der Waals surface area contributed by atoms with E-state index in [4.69, 9.17) is 5.11 Å². The van der Waals surface area contributed by atoms with Crippen molar-refractivity contribution in [1.82, 2.24) is 15.6 Å². The summed E-state index contributed by atoms with van der Waals surface area (Å²) in [6.45, 7) is 7.68. The van der Waals surface area contributed by atoms with Crippen LogP contribution in [0.4, 0.5) is 4.39 Å². The Kier molecular flexibility index (Phi) is 7.33. The zero-order valence-electron chi connectivity index (χ0n) is 14.8. The average molecular weight is 364 g/mol. The van der Waals surface area contributed by atoms with Gasteiger partial charge in [-0.05, 0) is 30.5 Å². The van der Waals surface area contributed by atoms with Crippen molar-refractivity contribution in [2.75, 3.05) is 6.54 Å². The van der Waals surface area contributed by atoms with Crippen molar-refractivity contribution in [3.8, 4) is 0 Å². The third-order valence-electron chi connectivity index (χ3n) is 3.61. The first kappa shape index (κ1) is 19.3. The van der Waals surface area contributed by atoms with Gasteiger partial charge in [-0.1, -0.05) is 19.9 Å². The fourth-order valence-corrected chi connectivity index (χ4v) is 3.09. The Hall–Kier alpha value is -1.99. The SMILES string of the molecule is CCNC(=NCc1ccc(F)c(CO)c1)NCc1nc(C(C)C)cs1. The number of thiazole rings is 1. The quantitative estimate of drug-likeness (QED) is 0.521. The minimum atomic E-state index is -0.398. The predicted molar refractivity (Wildman–Crippen MR) is 100 cm³/mol. The molecule has 1 aromatic carbocycles. The molecule has 5 nitrogen and oxygen atoms in total. The molecular weight excluding hydrogens is 339 g/mol. The number of benzene rings is 1.